The zero-order valence-electron chi connectivity index (χ0n) is 11.1. The van der Waals surface area contributed by atoms with Crippen LogP contribution in [-0.2, 0) is 20.8 Å². The maximum absolute atomic E-state index is 12.0. The number of carboxylic acid groups (broad SMARTS) is 2. The molecule has 0 aliphatic rings. The average molecular weight is 276 g/mol. The number of benzene rings is 1. The first-order valence-corrected chi connectivity index (χ1v) is 5.99. The van der Waals surface area contributed by atoms with E-state index in [9.17, 15) is 19.5 Å². The first-order chi connectivity index (χ1) is 9.27. The summed E-state index contributed by atoms with van der Waals surface area (Å²) in [6, 6.07) is 8.86. The zero-order valence-corrected chi connectivity index (χ0v) is 11.1. The third-order valence-corrected chi connectivity index (χ3v) is 3.19. The van der Waals surface area contributed by atoms with E-state index in [4.69, 9.17) is 5.11 Å². The fourth-order valence-corrected chi connectivity index (χ4v) is 1.83. The maximum Gasteiger partial charge on any atom is 0.332 e. The zero-order chi connectivity index (χ0) is 15.3. The molecule has 0 amide bonds. The molecule has 0 radical (unpaired) electrons. The summed E-state index contributed by atoms with van der Waals surface area (Å²) in [5.74, 6) is -3.13. The Morgan fingerprint density at radius 2 is 1.70 bits per heavy atom. The van der Waals surface area contributed by atoms with Crippen molar-refractivity contribution in [3.05, 3.63) is 48.0 Å². The van der Waals surface area contributed by atoms with Gasteiger partial charge in [0.25, 0.3) is 0 Å². The lowest BCUT2D eigenvalue weighted by molar-refractivity contribution is -0.150. The van der Waals surface area contributed by atoms with Crippen molar-refractivity contribution in [1.29, 1.82) is 0 Å². The molecular weight excluding hydrogens is 260 g/mol. The van der Waals surface area contributed by atoms with Crippen LogP contribution in [0.25, 0.3) is 0 Å². The quantitative estimate of drug-likeness (QED) is 0.742. The van der Waals surface area contributed by atoms with Crippen LogP contribution in [0.3, 0.4) is 0 Å². The summed E-state index contributed by atoms with van der Waals surface area (Å²) >= 11 is 0. The van der Waals surface area contributed by atoms with Gasteiger partial charge < -0.3 is 10.2 Å². The van der Waals surface area contributed by atoms with Gasteiger partial charge in [-0.15, -0.1) is 0 Å². The van der Waals surface area contributed by atoms with Gasteiger partial charge in [0.2, 0.25) is 0 Å². The summed E-state index contributed by atoms with van der Waals surface area (Å²) in [5.41, 5.74) is -1.53. The van der Waals surface area contributed by atoms with Gasteiger partial charge in [0.05, 0.1) is 0 Å². The van der Waals surface area contributed by atoms with Crippen LogP contribution in [0.2, 0.25) is 0 Å². The number of aliphatic carboxylic acids is 2. The molecule has 1 aromatic carbocycles. The lowest BCUT2D eigenvalue weighted by Crippen LogP contribution is -2.35. The summed E-state index contributed by atoms with van der Waals surface area (Å²) in [6.07, 6.45) is -0.334. The van der Waals surface area contributed by atoms with E-state index in [1.165, 1.54) is 6.92 Å². The smallest absolute Gasteiger partial charge is 0.332 e. The number of rotatable bonds is 7. The van der Waals surface area contributed by atoms with E-state index < -0.39 is 29.3 Å². The lowest BCUT2D eigenvalue weighted by Gasteiger charge is -2.24. The number of carbonyl (C=O) groups is 3. The molecule has 0 bridgehead atoms. The average Bonchev–Trinajstić information content (AvgIpc) is 2.38. The fourth-order valence-electron chi connectivity index (χ4n) is 1.83. The molecule has 0 fully saturated rings. The fraction of sp³-hybridized carbons (Fsp3) is 0.267. The van der Waals surface area contributed by atoms with Gasteiger partial charge in [0, 0.05) is 18.4 Å². The summed E-state index contributed by atoms with van der Waals surface area (Å²) in [6.45, 7) is 4.48. The van der Waals surface area contributed by atoms with Crippen molar-refractivity contribution in [2.75, 3.05) is 0 Å². The van der Waals surface area contributed by atoms with Crippen molar-refractivity contribution in [3.8, 4) is 0 Å². The van der Waals surface area contributed by atoms with E-state index in [-0.39, 0.29) is 12.2 Å². The number of ketones is 1. The number of carbonyl (C=O) groups excluding carboxylic acids is 1. The highest BCUT2D eigenvalue weighted by molar-refractivity contribution is 5.99. The van der Waals surface area contributed by atoms with Crippen LogP contribution < -0.4 is 0 Å². The monoisotopic (exact) mass is 276 g/mol. The molecule has 0 aliphatic carbocycles. The molecule has 5 nitrogen and oxygen atoms in total. The first-order valence-electron chi connectivity index (χ1n) is 5.99. The molecule has 0 aliphatic heterocycles. The molecular formula is C15H16O5. The molecule has 2 N–H and O–H groups in total. The van der Waals surface area contributed by atoms with Gasteiger partial charge in [-0.2, -0.15) is 0 Å². The van der Waals surface area contributed by atoms with Gasteiger partial charge in [-0.1, -0.05) is 36.9 Å². The first kappa shape index (κ1) is 15.6. The van der Waals surface area contributed by atoms with Crippen LogP contribution in [0, 0.1) is 5.41 Å². The molecule has 1 atom stereocenters. The Hall–Kier alpha value is -2.43. The molecule has 1 unspecified atom stereocenters. The molecule has 0 heterocycles. The van der Waals surface area contributed by atoms with Crippen LogP contribution in [0.15, 0.2) is 42.5 Å². The van der Waals surface area contributed by atoms with Gasteiger partial charge in [-0.05, 0) is 12.5 Å². The second kappa shape index (κ2) is 6.14. The third kappa shape index (κ3) is 3.54. The van der Waals surface area contributed by atoms with Gasteiger partial charge in [0.15, 0.2) is 0 Å². The summed E-state index contributed by atoms with van der Waals surface area (Å²) < 4.78 is 0. The molecule has 20 heavy (non-hydrogen) atoms. The Morgan fingerprint density at radius 3 is 2.15 bits per heavy atom. The van der Waals surface area contributed by atoms with Crippen molar-refractivity contribution < 1.29 is 24.6 Å². The molecule has 0 aromatic heterocycles. The van der Waals surface area contributed by atoms with Crippen LogP contribution in [-0.4, -0.2) is 27.9 Å². The molecule has 1 aromatic rings. The van der Waals surface area contributed by atoms with E-state index in [0.717, 1.165) is 5.56 Å². The van der Waals surface area contributed by atoms with E-state index in [1.807, 2.05) is 6.07 Å². The third-order valence-electron chi connectivity index (χ3n) is 3.19. The van der Waals surface area contributed by atoms with Gasteiger partial charge in [-0.25, -0.2) is 4.79 Å². The molecule has 106 valence electrons. The highest BCUT2D eigenvalue weighted by Crippen LogP contribution is 2.31. The Bertz CT molecular complexity index is 547. The second-order valence-electron chi connectivity index (χ2n) is 4.80. The Morgan fingerprint density at radius 1 is 1.15 bits per heavy atom. The van der Waals surface area contributed by atoms with Crippen molar-refractivity contribution in [2.45, 2.75) is 19.8 Å². The van der Waals surface area contributed by atoms with Gasteiger partial charge >= 0.3 is 11.9 Å². The van der Waals surface area contributed by atoms with Gasteiger partial charge in [0.1, 0.15) is 11.2 Å². The molecule has 0 saturated heterocycles. The topological polar surface area (TPSA) is 91.7 Å². The second-order valence-corrected chi connectivity index (χ2v) is 4.80. The van der Waals surface area contributed by atoms with E-state index in [1.54, 1.807) is 24.3 Å². The van der Waals surface area contributed by atoms with E-state index in [2.05, 4.69) is 6.58 Å². The summed E-state index contributed by atoms with van der Waals surface area (Å²) in [7, 11) is 0. The van der Waals surface area contributed by atoms with Crippen LogP contribution in [0.4, 0.5) is 0 Å². The SMILES string of the molecule is C=C(C(=O)O)C(C)(CC(=O)Cc1ccccc1)C(=O)O. The minimum Gasteiger partial charge on any atom is -0.481 e. The van der Waals surface area contributed by atoms with Crippen LogP contribution >= 0.6 is 0 Å². The highest BCUT2D eigenvalue weighted by atomic mass is 16.4. The van der Waals surface area contributed by atoms with Crippen molar-refractivity contribution in [1.82, 2.24) is 0 Å². The number of hydrogen-bond acceptors (Lipinski definition) is 3. The number of Topliss-reactive ketones (excluding diaryl/α,β-unsaturated/α-hetero) is 1. The Balaban J connectivity index is 2.86. The maximum atomic E-state index is 12.0. The van der Waals surface area contributed by atoms with Crippen molar-refractivity contribution >= 4 is 17.7 Å². The molecule has 0 saturated carbocycles. The molecule has 0 spiro atoms. The molecule has 5 heteroatoms. The van der Waals surface area contributed by atoms with E-state index >= 15 is 0 Å². The minimum atomic E-state index is -1.79. The lowest BCUT2D eigenvalue weighted by atomic mass is 9.77. The number of hydrogen-bond donors (Lipinski definition) is 2. The normalized spacial score (nSPS) is 13.2. The van der Waals surface area contributed by atoms with Crippen molar-refractivity contribution in [3.63, 3.8) is 0 Å². The van der Waals surface area contributed by atoms with E-state index in [0.29, 0.717) is 0 Å². The Labute approximate surface area is 116 Å². The predicted molar refractivity (Wildman–Crippen MR) is 72.3 cm³/mol. The minimum absolute atomic E-state index is 0.0661. The Kier molecular flexibility index (Phi) is 4.80. The molecule has 1 rings (SSSR count). The van der Waals surface area contributed by atoms with Crippen LogP contribution in [0.5, 0.6) is 0 Å². The van der Waals surface area contributed by atoms with Crippen LogP contribution in [0.1, 0.15) is 18.9 Å². The number of carboxylic acids is 2. The van der Waals surface area contributed by atoms with Crippen molar-refractivity contribution in [2.24, 2.45) is 5.41 Å². The largest absolute Gasteiger partial charge is 0.481 e. The summed E-state index contributed by atoms with van der Waals surface area (Å²) in [5, 5.41) is 18.1. The van der Waals surface area contributed by atoms with Gasteiger partial charge in [-0.3, -0.25) is 9.59 Å². The highest BCUT2D eigenvalue weighted by Gasteiger charge is 2.41. The standard InChI is InChI=1S/C15H16O5/c1-10(13(17)18)15(2,14(19)20)9-12(16)8-11-6-4-3-5-7-11/h3-7H,1,8-9H2,2H3,(H,17,18)(H,19,20). The predicted octanol–water partition coefficient (Wildman–Crippen LogP) is 1.92. The summed E-state index contributed by atoms with van der Waals surface area (Å²) in [4.78, 5) is 34.2.